The van der Waals surface area contributed by atoms with Gasteiger partial charge in [0.15, 0.2) is 0 Å². The Hall–Kier alpha value is -1.53. The number of benzene rings is 1. The standard InChI is InChI=1S/C17H22N2O3S/c1-3-19(9-12-6-7-22-10-12)17(21)13-4-5-15-14(8-13)18-16(20)11(2)23-15/h4-5,8,11-12H,3,6-7,9-10H2,1-2H3,(H,18,20)/t11-,12-/m1/s1. The zero-order valence-corrected chi connectivity index (χ0v) is 14.3. The lowest BCUT2D eigenvalue weighted by atomic mass is 10.1. The minimum atomic E-state index is -0.0986. The molecule has 0 saturated carbocycles. The third kappa shape index (κ3) is 3.53. The van der Waals surface area contributed by atoms with Crippen LogP contribution in [0.1, 0.15) is 30.6 Å². The van der Waals surface area contributed by atoms with Gasteiger partial charge in [-0.15, -0.1) is 11.8 Å². The number of thioether (sulfide) groups is 1. The van der Waals surface area contributed by atoms with Gasteiger partial charge < -0.3 is 15.0 Å². The number of rotatable bonds is 4. The highest BCUT2D eigenvalue weighted by atomic mass is 32.2. The van der Waals surface area contributed by atoms with E-state index in [2.05, 4.69) is 5.32 Å². The van der Waals surface area contributed by atoms with Crippen LogP contribution in [0.5, 0.6) is 0 Å². The summed E-state index contributed by atoms with van der Waals surface area (Å²) in [5, 5.41) is 2.79. The predicted molar refractivity (Wildman–Crippen MR) is 90.9 cm³/mol. The van der Waals surface area contributed by atoms with Crippen LogP contribution in [-0.2, 0) is 9.53 Å². The monoisotopic (exact) mass is 334 g/mol. The van der Waals surface area contributed by atoms with Crippen molar-refractivity contribution >= 4 is 29.3 Å². The highest BCUT2D eigenvalue weighted by Crippen LogP contribution is 2.36. The maximum atomic E-state index is 12.8. The van der Waals surface area contributed by atoms with Crippen LogP contribution in [0.25, 0.3) is 0 Å². The zero-order chi connectivity index (χ0) is 16.4. The SMILES string of the molecule is CCN(C[C@H]1CCOC1)C(=O)c1ccc2c(c1)NC(=O)[C@@H](C)S2. The van der Waals surface area contributed by atoms with Crippen molar-refractivity contribution < 1.29 is 14.3 Å². The molecule has 3 rings (SSSR count). The van der Waals surface area contributed by atoms with Gasteiger partial charge >= 0.3 is 0 Å². The Labute approximate surface area is 140 Å². The van der Waals surface area contributed by atoms with E-state index in [1.165, 1.54) is 11.8 Å². The molecule has 0 aromatic heterocycles. The summed E-state index contributed by atoms with van der Waals surface area (Å²) in [6, 6.07) is 5.57. The number of nitrogens with one attached hydrogen (secondary N) is 1. The zero-order valence-electron chi connectivity index (χ0n) is 13.5. The number of anilines is 1. The van der Waals surface area contributed by atoms with E-state index in [0.717, 1.165) is 36.8 Å². The van der Waals surface area contributed by atoms with Crippen molar-refractivity contribution in [2.75, 3.05) is 31.6 Å². The lowest BCUT2D eigenvalue weighted by molar-refractivity contribution is -0.115. The van der Waals surface area contributed by atoms with E-state index < -0.39 is 0 Å². The average Bonchev–Trinajstić information content (AvgIpc) is 3.06. The first-order chi connectivity index (χ1) is 11.1. The normalized spacial score (nSPS) is 23.3. The quantitative estimate of drug-likeness (QED) is 0.919. The molecule has 5 nitrogen and oxygen atoms in total. The van der Waals surface area contributed by atoms with Crippen molar-refractivity contribution in [3.8, 4) is 0 Å². The summed E-state index contributed by atoms with van der Waals surface area (Å²) in [5.74, 6) is 0.426. The summed E-state index contributed by atoms with van der Waals surface area (Å²) in [6.45, 7) is 6.79. The molecule has 23 heavy (non-hydrogen) atoms. The van der Waals surface area contributed by atoms with E-state index in [9.17, 15) is 9.59 Å². The van der Waals surface area contributed by atoms with E-state index in [1.54, 1.807) is 6.07 Å². The Bertz CT molecular complexity index is 614. The van der Waals surface area contributed by atoms with Gasteiger partial charge in [-0.05, 0) is 38.5 Å². The van der Waals surface area contributed by atoms with Crippen molar-refractivity contribution in [3.63, 3.8) is 0 Å². The van der Waals surface area contributed by atoms with E-state index in [4.69, 9.17) is 4.74 Å². The van der Waals surface area contributed by atoms with Gasteiger partial charge in [-0.1, -0.05) is 0 Å². The predicted octanol–water partition coefficient (Wildman–Crippen LogP) is 2.62. The molecule has 1 aromatic rings. The van der Waals surface area contributed by atoms with E-state index in [-0.39, 0.29) is 17.1 Å². The fourth-order valence-electron chi connectivity index (χ4n) is 2.92. The van der Waals surface area contributed by atoms with Crippen molar-refractivity contribution in [2.24, 2.45) is 5.92 Å². The molecular weight excluding hydrogens is 312 g/mol. The maximum Gasteiger partial charge on any atom is 0.253 e. The second kappa shape index (κ2) is 6.93. The lowest BCUT2D eigenvalue weighted by Crippen LogP contribution is -2.35. The Morgan fingerprint density at radius 1 is 1.48 bits per heavy atom. The fraction of sp³-hybridized carbons (Fsp3) is 0.529. The van der Waals surface area contributed by atoms with Crippen LogP contribution in [0.2, 0.25) is 0 Å². The number of amides is 2. The molecule has 0 bridgehead atoms. The van der Waals surface area contributed by atoms with Gasteiger partial charge in [0, 0.05) is 36.1 Å². The molecular formula is C17H22N2O3S. The van der Waals surface area contributed by atoms with Crippen LogP contribution in [0.3, 0.4) is 0 Å². The second-order valence-electron chi connectivity index (χ2n) is 6.03. The molecule has 1 fully saturated rings. The topological polar surface area (TPSA) is 58.6 Å². The minimum Gasteiger partial charge on any atom is -0.381 e. The molecule has 0 aliphatic carbocycles. The molecule has 1 aromatic carbocycles. The summed E-state index contributed by atoms with van der Waals surface area (Å²) >= 11 is 1.53. The van der Waals surface area contributed by atoms with Gasteiger partial charge in [0.2, 0.25) is 5.91 Å². The van der Waals surface area contributed by atoms with Gasteiger partial charge in [-0.3, -0.25) is 9.59 Å². The van der Waals surface area contributed by atoms with Gasteiger partial charge in [0.1, 0.15) is 0 Å². The molecule has 0 unspecified atom stereocenters. The first-order valence-electron chi connectivity index (χ1n) is 8.07. The summed E-state index contributed by atoms with van der Waals surface area (Å²) < 4.78 is 5.40. The lowest BCUT2D eigenvalue weighted by Gasteiger charge is -2.25. The first-order valence-corrected chi connectivity index (χ1v) is 8.95. The number of carbonyl (C=O) groups is 2. The Morgan fingerprint density at radius 2 is 2.30 bits per heavy atom. The minimum absolute atomic E-state index is 0.0115. The molecule has 0 radical (unpaired) electrons. The molecule has 2 heterocycles. The molecule has 2 atom stereocenters. The van der Waals surface area contributed by atoms with Crippen molar-refractivity contribution in [1.82, 2.24) is 4.90 Å². The third-order valence-electron chi connectivity index (χ3n) is 4.33. The molecule has 2 aliphatic heterocycles. The van der Waals surface area contributed by atoms with Crippen LogP contribution in [-0.4, -0.2) is 48.3 Å². The van der Waals surface area contributed by atoms with Crippen LogP contribution >= 0.6 is 11.8 Å². The largest absolute Gasteiger partial charge is 0.381 e. The smallest absolute Gasteiger partial charge is 0.253 e. The highest BCUT2D eigenvalue weighted by Gasteiger charge is 2.26. The Kier molecular flexibility index (Phi) is 4.92. The fourth-order valence-corrected chi connectivity index (χ4v) is 3.85. The van der Waals surface area contributed by atoms with E-state index in [1.807, 2.05) is 30.9 Å². The molecule has 1 saturated heterocycles. The maximum absolute atomic E-state index is 12.8. The van der Waals surface area contributed by atoms with Crippen molar-refractivity contribution in [3.05, 3.63) is 23.8 Å². The van der Waals surface area contributed by atoms with Gasteiger partial charge in [-0.25, -0.2) is 0 Å². The van der Waals surface area contributed by atoms with Crippen molar-refractivity contribution in [2.45, 2.75) is 30.4 Å². The summed E-state index contributed by atoms with van der Waals surface area (Å²) in [6.07, 6.45) is 1.01. The first kappa shape index (κ1) is 16.3. The van der Waals surface area contributed by atoms with E-state index in [0.29, 0.717) is 18.0 Å². The summed E-state index contributed by atoms with van der Waals surface area (Å²) in [5.41, 5.74) is 1.36. The molecule has 124 valence electrons. The number of ether oxygens (including phenoxy) is 1. The van der Waals surface area contributed by atoms with Crippen molar-refractivity contribution in [1.29, 1.82) is 0 Å². The van der Waals surface area contributed by atoms with E-state index >= 15 is 0 Å². The Balaban J connectivity index is 1.76. The van der Waals surface area contributed by atoms with Crippen LogP contribution in [0.4, 0.5) is 5.69 Å². The van der Waals surface area contributed by atoms with Crippen LogP contribution < -0.4 is 5.32 Å². The highest BCUT2D eigenvalue weighted by molar-refractivity contribution is 8.00. The molecule has 6 heteroatoms. The van der Waals surface area contributed by atoms with Gasteiger partial charge in [0.05, 0.1) is 17.5 Å². The molecule has 0 spiro atoms. The number of hydrogen-bond donors (Lipinski definition) is 1. The van der Waals surface area contributed by atoms with Gasteiger partial charge in [-0.2, -0.15) is 0 Å². The number of fused-ring (bicyclic) bond motifs is 1. The third-order valence-corrected chi connectivity index (χ3v) is 5.51. The molecule has 2 aliphatic rings. The summed E-state index contributed by atoms with van der Waals surface area (Å²) in [7, 11) is 0. The number of hydrogen-bond acceptors (Lipinski definition) is 4. The molecule has 1 N–H and O–H groups in total. The summed E-state index contributed by atoms with van der Waals surface area (Å²) in [4.78, 5) is 27.5. The number of carbonyl (C=O) groups excluding carboxylic acids is 2. The average molecular weight is 334 g/mol. The Morgan fingerprint density at radius 3 is 3.00 bits per heavy atom. The second-order valence-corrected chi connectivity index (χ2v) is 7.42. The molecule has 2 amide bonds. The van der Waals surface area contributed by atoms with Crippen LogP contribution in [0.15, 0.2) is 23.1 Å². The number of nitrogens with zero attached hydrogens (tertiary/aromatic N) is 1. The van der Waals surface area contributed by atoms with Gasteiger partial charge in [0.25, 0.3) is 5.91 Å². The van der Waals surface area contributed by atoms with Crippen LogP contribution in [0, 0.1) is 5.92 Å².